The maximum atomic E-state index is 11.4. The van der Waals surface area contributed by atoms with Gasteiger partial charge in [-0.1, -0.05) is 0 Å². The fraction of sp³-hybridized carbons (Fsp3) is 0.417. The topological polar surface area (TPSA) is 132 Å². The normalized spacial score (nSPS) is 13.4. The van der Waals surface area contributed by atoms with E-state index >= 15 is 0 Å². The molecular formula is C12H16N2O6. The van der Waals surface area contributed by atoms with E-state index in [4.69, 9.17) is 5.73 Å². The van der Waals surface area contributed by atoms with Crippen LogP contribution >= 0.6 is 0 Å². The average Bonchev–Trinajstić information content (AvgIpc) is 2.45. The molecule has 0 bridgehead atoms. The predicted octanol–water partition coefficient (Wildman–Crippen LogP) is -0.592. The van der Waals surface area contributed by atoms with Crippen molar-refractivity contribution in [1.29, 1.82) is 0 Å². The van der Waals surface area contributed by atoms with Gasteiger partial charge in [-0.3, -0.25) is 0 Å². The summed E-state index contributed by atoms with van der Waals surface area (Å²) in [6.45, 7) is 1.61. The first kappa shape index (κ1) is 15.9. The molecule has 0 saturated carbocycles. The van der Waals surface area contributed by atoms with Crippen molar-refractivity contribution >= 4 is 17.8 Å². The number of nitrogens with zero attached hydrogens (tertiary/aromatic N) is 1. The number of aliphatic hydroxyl groups is 2. The van der Waals surface area contributed by atoms with Crippen molar-refractivity contribution in [3.8, 4) is 0 Å². The summed E-state index contributed by atoms with van der Waals surface area (Å²) < 4.78 is 9.09. The van der Waals surface area contributed by atoms with E-state index in [1.165, 1.54) is 13.2 Å². The van der Waals surface area contributed by atoms with Gasteiger partial charge in [-0.25, -0.2) is 14.6 Å². The first-order valence-corrected chi connectivity index (χ1v) is 5.78. The Morgan fingerprint density at radius 1 is 1.45 bits per heavy atom. The van der Waals surface area contributed by atoms with Crippen molar-refractivity contribution in [2.75, 3.05) is 19.5 Å². The molecule has 0 aromatic carbocycles. The molecule has 0 fully saturated rings. The summed E-state index contributed by atoms with van der Waals surface area (Å²) in [6, 6.07) is 1.20. The number of aliphatic hydroxyl groups excluding tert-OH is 2. The summed E-state index contributed by atoms with van der Waals surface area (Å²) in [5.74, 6) is -1.80. The van der Waals surface area contributed by atoms with Crippen LogP contribution in [0.4, 0.5) is 5.82 Å². The maximum Gasteiger partial charge on any atom is 0.339 e. The minimum absolute atomic E-state index is 0.0341. The molecular weight excluding hydrogens is 268 g/mol. The molecule has 8 nitrogen and oxygen atoms in total. The Morgan fingerprint density at radius 2 is 2.10 bits per heavy atom. The Bertz CT molecular complexity index is 505. The Balaban J connectivity index is 3.05. The number of methoxy groups -OCH3 is 1. The zero-order valence-electron chi connectivity index (χ0n) is 11.1. The van der Waals surface area contributed by atoms with Gasteiger partial charge in [0.2, 0.25) is 0 Å². The molecule has 0 radical (unpaired) electrons. The van der Waals surface area contributed by atoms with E-state index in [0.29, 0.717) is 0 Å². The fourth-order valence-corrected chi connectivity index (χ4v) is 1.49. The molecule has 0 saturated heterocycles. The lowest BCUT2D eigenvalue weighted by atomic mass is 10.0. The molecule has 0 amide bonds. The lowest BCUT2D eigenvalue weighted by Gasteiger charge is -2.18. The molecule has 2 atom stereocenters. The number of ether oxygens (including phenoxy) is 2. The number of pyridine rings is 1. The minimum Gasteiger partial charge on any atom is -0.465 e. The average molecular weight is 284 g/mol. The third-order valence-electron chi connectivity index (χ3n) is 2.52. The summed E-state index contributed by atoms with van der Waals surface area (Å²) >= 11 is 0. The van der Waals surface area contributed by atoms with Gasteiger partial charge in [-0.2, -0.15) is 0 Å². The Hall–Kier alpha value is -2.19. The van der Waals surface area contributed by atoms with Crippen molar-refractivity contribution in [2.24, 2.45) is 0 Å². The van der Waals surface area contributed by atoms with Gasteiger partial charge in [0.1, 0.15) is 11.9 Å². The largest absolute Gasteiger partial charge is 0.465 e. The fourth-order valence-electron chi connectivity index (χ4n) is 1.49. The van der Waals surface area contributed by atoms with Gasteiger partial charge in [-0.05, 0) is 13.0 Å². The van der Waals surface area contributed by atoms with Gasteiger partial charge in [0.25, 0.3) is 0 Å². The van der Waals surface area contributed by atoms with Crippen LogP contribution in [-0.4, -0.2) is 47.0 Å². The molecule has 4 N–H and O–H groups in total. The highest BCUT2D eigenvalue weighted by Gasteiger charge is 2.29. The van der Waals surface area contributed by atoms with Crippen LogP contribution in [0.15, 0.2) is 12.3 Å². The number of aromatic nitrogens is 1. The quantitative estimate of drug-likeness (QED) is 0.611. The minimum atomic E-state index is -1.83. The Kier molecular flexibility index (Phi) is 5.42. The lowest BCUT2D eigenvalue weighted by Crippen LogP contribution is -2.30. The highest BCUT2D eigenvalue weighted by molar-refractivity contribution is 5.89. The standard InChI is InChI=1S/C12H16N2O6/c1-3-20-12(18)9(16)8(15)7-4-6(11(17)19-2)5-14-10(7)13/h4-5,8-9,15-16H,3H2,1-2H3,(H2,13,14). The van der Waals surface area contributed by atoms with Gasteiger partial charge >= 0.3 is 11.9 Å². The van der Waals surface area contributed by atoms with E-state index in [2.05, 4.69) is 14.5 Å². The second kappa shape index (κ2) is 6.83. The van der Waals surface area contributed by atoms with Gasteiger partial charge in [-0.15, -0.1) is 0 Å². The first-order valence-electron chi connectivity index (χ1n) is 5.78. The number of carbonyl (C=O) groups is 2. The molecule has 1 rings (SSSR count). The number of carbonyl (C=O) groups excluding carboxylic acids is 2. The Morgan fingerprint density at radius 3 is 2.65 bits per heavy atom. The number of hydrogen-bond acceptors (Lipinski definition) is 8. The third kappa shape index (κ3) is 3.43. The van der Waals surface area contributed by atoms with Crippen LogP contribution in [0.3, 0.4) is 0 Å². The summed E-state index contributed by atoms with van der Waals surface area (Å²) in [4.78, 5) is 26.4. The van der Waals surface area contributed by atoms with Crippen LogP contribution in [0.5, 0.6) is 0 Å². The molecule has 110 valence electrons. The van der Waals surface area contributed by atoms with E-state index in [1.54, 1.807) is 6.92 Å². The van der Waals surface area contributed by atoms with Gasteiger partial charge in [0, 0.05) is 11.8 Å². The van der Waals surface area contributed by atoms with E-state index in [0.717, 1.165) is 6.20 Å². The molecule has 1 heterocycles. The van der Waals surface area contributed by atoms with Crippen molar-refractivity contribution in [3.63, 3.8) is 0 Å². The van der Waals surface area contributed by atoms with Crippen LogP contribution < -0.4 is 5.73 Å². The third-order valence-corrected chi connectivity index (χ3v) is 2.52. The zero-order valence-corrected chi connectivity index (χ0v) is 11.1. The van der Waals surface area contributed by atoms with E-state index < -0.39 is 24.1 Å². The van der Waals surface area contributed by atoms with Gasteiger partial charge in [0.15, 0.2) is 6.10 Å². The molecule has 0 spiro atoms. The van der Waals surface area contributed by atoms with E-state index in [1.807, 2.05) is 0 Å². The van der Waals surface area contributed by atoms with Crippen LogP contribution in [0.2, 0.25) is 0 Å². The number of anilines is 1. The van der Waals surface area contributed by atoms with Gasteiger partial charge in [0.05, 0.1) is 19.3 Å². The SMILES string of the molecule is CCOC(=O)C(O)C(O)c1cc(C(=O)OC)cnc1N. The Labute approximate surface area is 115 Å². The number of rotatable bonds is 5. The molecule has 8 heteroatoms. The molecule has 0 aliphatic carbocycles. The highest BCUT2D eigenvalue weighted by Crippen LogP contribution is 2.23. The van der Waals surface area contributed by atoms with Gasteiger partial charge < -0.3 is 25.4 Å². The van der Waals surface area contributed by atoms with Crippen LogP contribution in [0.1, 0.15) is 28.9 Å². The number of nitrogen functional groups attached to an aromatic ring is 1. The van der Waals surface area contributed by atoms with Crippen LogP contribution in [0.25, 0.3) is 0 Å². The molecule has 1 aromatic heterocycles. The molecule has 1 aromatic rings. The van der Waals surface area contributed by atoms with E-state index in [-0.39, 0.29) is 23.6 Å². The highest BCUT2D eigenvalue weighted by atomic mass is 16.5. The van der Waals surface area contributed by atoms with Crippen LogP contribution in [0, 0.1) is 0 Å². The second-order valence-corrected chi connectivity index (χ2v) is 3.83. The number of nitrogens with two attached hydrogens (primary N) is 1. The summed E-state index contributed by atoms with van der Waals surface area (Å²) in [6.07, 6.45) is -2.33. The zero-order chi connectivity index (χ0) is 15.3. The molecule has 2 unspecified atom stereocenters. The van der Waals surface area contributed by atoms with Crippen molar-refractivity contribution < 1.29 is 29.3 Å². The predicted molar refractivity (Wildman–Crippen MR) is 67.6 cm³/mol. The number of esters is 2. The summed E-state index contributed by atoms with van der Waals surface area (Å²) in [5.41, 5.74) is 5.53. The van der Waals surface area contributed by atoms with Crippen molar-refractivity contribution in [3.05, 3.63) is 23.4 Å². The number of hydrogen-bond donors (Lipinski definition) is 3. The first-order chi connectivity index (χ1) is 9.42. The van der Waals surface area contributed by atoms with Crippen molar-refractivity contribution in [2.45, 2.75) is 19.1 Å². The molecule has 0 aliphatic rings. The second-order valence-electron chi connectivity index (χ2n) is 3.83. The van der Waals surface area contributed by atoms with Crippen molar-refractivity contribution in [1.82, 2.24) is 4.98 Å². The lowest BCUT2D eigenvalue weighted by molar-refractivity contribution is -0.159. The molecule has 20 heavy (non-hydrogen) atoms. The van der Waals surface area contributed by atoms with E-state index in [9.17, 15) is 19.8 Å². The molecule has 0 aliphatic heterocycles. The smallest absolute Gasteiger partial charge is 0.339 e. The summed E-state index contributed by atoms with van der Waals surface area (Å²) in [7, 11) is 1.18. The van der Waals surface area contributed by atoms with Crippen LogP contribution in [-0.2, 0) is 14.3 Å². The summed E-state index contributed by atoms with van der Waals surface area (Å²) in [5, 5.41) is 19.6. The monoisotopic (exact) mass is 284 g/mol. The maximum absolute atomic E-state index is 11.4.